The number of hydrogen-bond donors (Lipinski definition) is 3. The molecule has 3 N–H and O–H groups in total. The molecule has 0 radical (unpaired) electrons. The Labute approximate surface area is 290 Å². The first-order valence-electron chi connectivity index (χ1n) is 17.0. The minimum absolute atomic E-state index is 0. The van der Waals surface area contributed by atoms with Gasteiger partial charge in [-0.05, 0) is 87.8 Å². The van der Waals surface area contributed by atoms with Crippen LogP contribution < -0.4 is 20.1 Å². The fraction of sp³-hybridized carbons (Fsp3) is 0.583. The van der Waals surface area contributed by atoms with Gasteiger partial charge in [-0.25, -0.2) is 0 Å². The maximum absolute atomic E-state index is 13.9. The van der Waals surface area contributed by atoms with Gasteiger partial charge in [0.25, 0.3) is 5.91 Å². The summed E-state index contributed by atoms with van der Waals surface area (Å²) in [7, 11) is 1.54. The van der Waals surface area contributed by atoms with Gasteiger partial charge in [0.2, 0.25) is 11.8 Å². The number of hydrogen-bond acceptors (Lipinski definition) is 8. The van der Waals surface area contributed by atoms with E-state index in [4.69, 9.17) is 14.2 Å². The number of piperazine rings is 1. The van der Waals surface area contributed by atoms with E-state index in [0.29, 0.717) is 87.9 Å². The maximum atomic E-state index is 13.9. The van der Waals surface area contributed by atoms with E-state index in [9.17, 15) is 19.5 Å². The van der Waals surface area contributed by atoms with Crippen molar-refractivity contribution in [3.05, 3.63) is 53.6 Å². The molecule has 3 heterocycles. The van der Waals surface area contributed by atoms with E-state index >= 15 is 0 Å². The summed E-state index contributed by atoms with van der Waals surface area (Å²) in [4.78, 5) is 44.1. The first kappa shape index (κ1) is 37.4. The van der Waals surface area contributed by atoms with Crippen LogP contribution in [0.3, 0.4) is 0 Å². The van der Waals surface area contributed by atoms with Gasteiger partial charge in [0.15, 0.2) is 11.5 Å². The van der Waals surface area contributed by atoms with Crippen molar-refractivity contribution in [2.45, 2.75) is 89.6 Å². The highest BCUT2D eigenvalue weighted by molar-refractivity contribution is 6.00. The van der Waals surface area contributed by atoms with Crippen molar-refractivity contribution in [1.82, 2.24) is 20.4 Å². The van der Waals surface area contributed by atoms with Gasteiger partial charge in [-0.2, -0.15) is 0 Å². The van der Waals surface area contributed by atoms with Crippen LogP contribution >= 0.6 is 12.4 Å². The summed E-state index contributed by atoms with van der Waals surface area (Å²) in [6.07, 6.45) is 3.25. The number of aliphatic hydroxyl groups excluding tert-OH is 1. The molecule has 1 spiro atoms. The van der Waals surface area contributed by atoms with E-state index in [2.05, 4.69) is 22.5 Å². The number of halogens is 1. The molecule has 0 bridgehead atoms. The summed E-state index contributed by atoms with van der Waals surface area (Å²) in [5.74, 6) is 1.08. The average molecular weight is 687 g/mol. The zero-order valence-electron chi connectivity index (χ0n) is 28.5. The number of carbonyl (C=O) groups excluding carboxylic acids is 3. The van der Waals surface area contributed by atoms with Crippen LogP contribution in [-0.2, 0) is 20.9 Å². The molecular weight excluding hydrogens is 636 g/mol. The summed E-state index contributed by atoms with van der Waals surface area (Å²) in [5.41, 5.74) is 0.710. The molecule has 3 fully saturated rings. The number of rotatable bonds is 12. The number of ether oxygens (including phenoxy) is 3. The number of aliphatic hydroxyl groups is 1. The van der Waals surface area contributed by atoms with Gasteiger partial charge in [0.1, 0.15) is 17.3 Å². The second-order valence-corrected chi connectivity index (χ2v) is 13.3. The van der Waals surface area contributed by atoms with Crippen molar-refractivity contribution < 1.29 is 33.7 Å². The van der Waals surface area contributed by atoms with E-state index in [1.165, 1.54) is 0 Å². The minimum atomic E-state index is -0.916. The van der Waals surface area contributed by atoms with Crippen LogP contribution in [0.15, 0.2) is 42.5 Å². The number of piperidine rings is 1. The summed E-state index contributed by atoms with van der Waals surface area (Å²) in [6.45, 7) is 9.58. The standard InChI is InChI=1S/C36H50N4O7.ClH/c1-5-6-17-40-34(43)31(32(41)26-13-20-46-21-14-26)38-35(44)36(40)15-18-39(19-16-36)23-25-7-10-28(11-8-25)47-29-12-9-27(22-30(29)45-4)33(42)37-24(2)3;/h7-12,22,24,26,31-32,41H,5-6,13-21,23H2,1-4H3,(H,37,42)(H,38,44);1H/t31-,32?;/m1./s1. The zero-order valence-corrected chi connectivity index (χ0v) is 29.4. The van der Waals surface area contributed by atoms with Gasteiger partial charge in [0.05, 0.1) is 13.2 Å². The fourth-order valence-electron chi connectivity index (χ4n) is 6.90. The van der Waals surface area contributed by atoms with E-state index in [1.807, 2.05) is 38.1 Å². The molecule has 11 nitrogen and oxygen atoms in total. The van der Waals surface area contributed by atoms with Gasteiger partial charge in [-0.15, -0.1) is 12.4 Å². The second-order valence-electron chi connectivity index (χ2n) is 13.3. The predicted molar refractivity (Wildman–Crippen MR) is 185 cm³/mol. The maximum Gasteiger partial charge on any atom is 0.251 e. The lowest BCUT2D eigenvalue weighted by Gasteiger charge is -2.52. The van der Waals surface area contributed by atoms with Gasteiger partial charge >= 0.3 is 0 Å². The van der Waals surface area contributed by atoms with Crippen LogP contribution in [0.2, 0.25) is 0 Å². The first-order valence-corrected chi connectivity index (χ1v) is 17.0. The molecular formula is C36H51ClN4O7. The van der Waals surface area contributed by atoms with Crippen LogP contribution in [0, 0.1) is 5.92 Å². The molecule has 3 aliphatic heterocycles. The van der Waals surface area contributed by atoms with E-state index in [-0.39, 0.29) is 42.1 Å². The van der Waals surface area contributed by atoms with Gasteiger partial charge in [-0.1, -0.05) is 25.5 Å². The van der Waals surface area contributed by atoms with Crippen molar-refractivity contribution >= 4 is 30.1 Å². The third-order valence-corrected chi connectivity index (χ3v) is 9.67. The predicted octanol–water partition coefficient (Wildman–Crippen LogP) is 4.30. The molecule has 12 heteroatoms. The number of methoxy groups -OCH3 is 1. The van der Waals surface area contributed by atoms with Gasteiger partial charge < -0.3 is 34.9 Å². The molecule has 48 heavy (non-hydrogen) atoms. The lowest BCUT2D eigenvalue weighted by Crippen LogP contribution is -2.75. The Morgan fingerprint density at radius 1 is 1.08 bits per heavy atom. The highest BCUT2D eigenvalue weighted by Gasteiger charge is 2.55. The van der Waals surface area contributed by atoms with E-state index < -0.39 is 17.7 Å². The highest BCUT2D eigenvalue weighted by atomic mass is 35.5. The molecule has 264 valence electrons. The number of carbonyl (C=O) groups is 3. The van der Waals surface area contributed by atoms with Crippen LogP contribution in [0.4, 0.5) is 0 Å². The third kappa shape index (κ3) is 8.42. The molecule has 2 aromatic carbocycles. The van der Waals surface area contributed by atoms with Crippen LogP contribution in [0.25, 0.3) is 0 Å². The van der Waals surface area contributed by atoms with Crippen molar-refractivity contribution in [3.63, 3.8) is 0 Å². The highest BCUT2D eigenvalue weighted by Crippen LogP contribution is 2.36. The Bertz CT molecular complexity index is 1390. The van der Waals surface area contributed by atoms with Crippen LogP contribution in [0.5, 0.6) is 17.2 Å². The van der Waals surface area contributed by atoms with Crippen molar-refractivity contribution in [1.29, 1.82) is 0 Å². The van der Waals surface area contributed by atoms with Crippen molar-refractivity contribution in [2.24, 2.45) is 5.92 Å². The molecule has 2 atom stereocenters. The molecule has 1 unspecified atom stereocenters. The molecule has 5 rings (SSSR count). The van der Waals surface area contributed by atoms with Gasteiger partial charge in [0, 0.05) is 51.0 Å². The largest absolute Gasteiger partial charge is 0.493 e. The SMILES string of the molecule is CCCCN1C(=O)[C@@H](C(O)C2CCOCC2)NC(=O)C12CCN(Cc1ccc(Oc3ccc(C(=O)NC(C)C)cc3OC)cc1)CC2.Cl. The van der Waals surface area contributed by atoms with Gasteiger partial charge in [-0.3, -0.25) is 19.3 Å². The Hall–Kier alpha value is -3.38. The monoisotopic (exact) mass is 686 g/mol. The van der Waals surface area contributed by atoms with E-state index in [1.54, 1.807) is 30.2 Å². The smallest absolute Gasteiger partial charge is 0.251 e. The average Bonchev–Trinajstić information content (AvgIpc) is 3.08. The fourth-order valence-corrected chi connectivity index (χ4v) is 6.90. The molecule has 2 aromatic rings. The molecule has 0 aliphatic carbocycles. The van der Waals surface area contributed by atoms with Crippen molar-refractivity contribution in [2.75, 3.05) is 40.0 Å². The number of benzene rings is 2. The lowest BCUT2D eigenvalue weighted by molar-refractivity contribution is -0.166. The number of amides is 3. The third-order valence-electron chi connectivity index (χ3n) is 9.67. The topological polar surface area (TPSA) is 130 Å². The molecule has 0 aromatic heterocycles. The second kappa shape index (κ2) is 16.8. The van der Waals surface area contributed by atoms with E-state index in [0.717, 1.165) is 18.4 Å². The number of unbranched alkanes of at least 4 members (excludes halogenated alkanes) is 1. The molecule has 3 saturated heterocycles. The number of nitrogens with zero attached hydrogens (tertiary/aromatic N) is 2. The Kier molecular flexibility index (Phi) is 13.1. The first-order chi connectivity index (χ1) is 22.6. The Morgan fingerprint density at radius 3 is 2.40 bits per heavy atom. The molecule has 3 aliphatic rings. The Balaban J connectivity index is 0.00000520. The number of likely N-dealkylation sites (tertiary alicyclic amines) is 1. The van der Waals surface area contributed by atoms with Crippen LogP contribution in [-0.4, -0.2) is 96.3 Å². The summed E-state index contributed by atoms with van der Waals surface area (Å²) >= 11 is 0. The summed E-state index contributed by atoms with van der Waals surface area (Å²) in [5, 5.41) is 17.0. The zero-order chi connectivity index (χ0) is 33.6. The molecule has 3 amide bonds. The molecule has 0 saturated carbocycles. The number of nitrogens with one attached hydrogen (secondary N) is 2. The summed E-state index contributed by atoms with van der Waals surface area (Å²) < 4.78 is 17.0. The lowest BCUT2D eigenvalue weighted by atomic mass is 9.79. The van der Waals surface area contributed by atoms with Crippen molar-refractivity contribution in [3.8, 4) is 17.2 Å². The normalized spacial score (nSPS) is 20.6. The summed E-state index contributed by atoms with van der Waals surface area (Å²) in [6, 6.07) is 12.1. The minimum Gasteiger partial charge on any atom is -0.493 e. The Morgan fingerprint density at radius 2 is 1.77 bits per heavy atom. The van der Waals surface area contributed by atoms with Crippen LogP contribution in [0.1, 0.15) is 75.2 Å². The quantitative estimate of drug-likeness (QED) is 0.302.